The van der Waals surface area contributed by atoms with Crippen molar-refractivity contribution in [2.75, 3.05) is 19.1 Å². The van der Waals surface area contributed by atoms with Crippen molar-refractivity contribution in [3.63, 3.8) is 0 Å². The second kappa shape index (κ2) is 7.68. The Morgan fingerprint density at radius 3 is 2.23 bits per heavy atom. The van der Waals surface area contributed by atoms with Crippen molar-refractivity contribution < 1.29 is 22.7 Å². The number of rotatable bonds is 5. The van der Waals surface area contributed by atoms with E-state index in [1.54, 1.807) is 72.7 Å². The molecule has 7 heteroatoms. The zero-order valence-corrected chi connectivity index (χ0v) is 17.2. The molecule has 0 aliphatic carbocycles. The molecule has 1 aliphatic rings. The van der Waals surface area contributed by atoms with E-state index in [1.165, 1.54) is 19.4 Å². The molecular weight excluding hydrogens is 402 g/mol. The summed E-state index contributed by atoms with van der Waals surface area (Å²) < 4.78 is 37.0. The number of hydrogen-bond acceptors (Lipinski definition) is 6. The van der Waals surface area contributed by atoms with E-state index >= 15 is 0 Å². The molecule has 0 spiro atoms. The Morgan fingerprint density at radius 2 is 1.53 bits per heavy atom. The molecule has 0 unspecified atom stereocenters. The summed E-state index contributed by atoms with van der Waals surface area (Å²) in [7, 11) is -0.916. The number of para-hydroxylation sites is 1. The third kappa shape index (κ3) is 3.33. The summed E-state index contributed by atoms with van der Waals surface area (Å²) in [5.41, 5.74) is 1.41. The van der Waals surface area contributed by atoms with Crippen LogP contribution in [-0.2, 0) is 9.84 Å². The third-order valence-electron chi connectivity index (χ3n) is 4.86. The Morgan fingerprint density at radius 1 is 0.833 bits per heavy atom. The van der Waals surface area contributed by atoms with Gasteiger partial charge < -0.3 is 14.4 Å². The van der Waals surface area contributed by atoms with E-state index in [-0.39, 0.29) is 15.4 Å². The van der Waals surface area contributed by atoms with Gasteiger partial charge in [0.05, 0.1) is 24.8 Å². The number of hydrogen-bond donors (Lipinski definition) is 0. The van der Waals surface area contributed by atoms with Crippen molar-refractivity contribution in [2.45, 2.75) is 4.90 Å². The van der Waals surface area contributed by atoms with E-state index in [0.29, 0.717) is 22.9 Å². The molecule has 0 radical (unpaired) electrons. The largest absolute Gasteiger partial charge is 0.497 e. The highest BCUT2D eigenvalue weighted by Gasteiger charge is 2.36. The maximum atomic E-state index is 13.3. The van der Waals surface area contributed by atoms with Crippen LogP contribution in [0.3, 0.4) is 0 Å². The molecule has 0 atom stereocenters. The first kappa shape index (κ1) is 19.7. The van der Waals surface area contributed by atoms with Crippen LogP contribution >= 0.6 is 0 Å². The monoisotopic (exact) mass is 421 g/mol. The first-order valence-corrected chi connectivity index (χ1v) is 10.6. The maximum Gasteiger partial charge on any atom is 0.214 e. The van der Waals surface area contributed by atoms with Crippen molar-refractivity contribution in [1.82, 2.24) is 0 Å². The van der Waals surface area contributed by atoms with Gasteiger partial charge >= 0.3 is 0 Å². The quantitative estimate of drug-likeness (QED) is 0.570. The van der Waals surface area contributed by atoms with Crippen molar-refractivity contribution in [1.29, 1.82) is 0 Å². The van der Waals surface area contributed by atoms with Crippen molar-refractivity contribution in [3.8, 4) is 11.5 Å². The van der Waals surface area contributed by atoms with Gasteiger partial charge in [0, 0.05) is 23.5 Å². The fraction of sp³-hybridized carbons (Fsp3) is 0.0870. The molecule has 1 heterocycles. The molecule has 1 aliphatic heterocycles. The summed E-state index contributed by atoms with van der Waals surface area (Å²) in [5, 5.41) is 0. The van der Waals surface area contributed by atoms with Crippen molar-refractivity contribution in [2.24, 2.45) is 0 Å². The van der Waals surface area contributed by atoms with E-state index in [0.717, 1.165) is 0 Å². The number of allylic oxidation sites excluding steroid dienone is 1. The highest BCUT2D eigenvalue weighted by molar-refractivity contribution is 7.96. The summed E-state index contributed by atoms with van der Waals surface area (Å²) in [5.74, 6) is 0.616. The highest BCUT2D eigenvalue weighted by Crippen LogP contribution is 2.41. The van der Waals surface area contributed by atoms with Crippen LogP contribution < -0.4 is 14.4 Å². The molecule has 0 bridgehead atoms. The van der Waals surface area contributed by atoms with Crippen molar-refractivity contribution >= 4 is 27.0 Å². The number of ketones is 1. The molecule has 30 heavy (non-hydrogen) atoms. The predicted molar refractivity (Wildman–Crippen MR) is 114 cm³/mol. The lowest BCUT2D eigenvalue weighted by atomic mass is 10.1. The summed E-state index contributed by atoms with van der Waals surface area (Å²) in [6.07, 6.45) is 1.37. The lowest BCUT2D eigenvalue weighted by Crippen LogP contribution is -2.25. The minimum absolute atomic E-state index is 0.0761. The van der Waals surface area contributed by atoms with E-state index in [1.807, 2.05) is 6.07 Å². The average Bonchev–Trinajstić information content (AvgIpc) is 2.79. The number of nitrogens with zero attached hydrogens (tertiary/aromatic N) is 1. The predicted octanol–water partition coefficient (Wildman–Crippen LogP) is 4.35. The maximum absolute atomic E-state index is 13.3. The summed E-state index contributed by atoms with van der Waals surface area (Å²) >= 11 is 0. The molecule has 0 saturated heterocycles. The molecule has 0 fully saturated rings. The zero-order valence-electron chi connectivity index (χ0n) is 16.4. The summed E-state index contributed by atoms with van der Waals surface area (Å²) in [6, 6.07) is 20.2. The molecule has 0 amide bonds. The van der Waals surface area contributed by atoms with Crippen LogP contribution in [-0.4, -0.2) is 28.4 Å². The molecule has 3 aromatic rings. The minimum atomic E-state index is -4.00. The minimum Gasteiger partial charge on any atom is -0.497 e. The molecular formula is C23H19NO5S. The van der Waals surface area contributed by atoms with E-state index in [4.69, 9.17) is 9.47 Å². The van der Waals surface area contributed by atoms with Gasteiger partial charge in [0.25, 0.3) is 0 Å². The van der Waals surface area contributed by atoms with Gasteiger partial charge in [-0.3, -0.25) is 4.79 Å². The van der Waals surface area contributed by atoms with Gasteiger partial charge in [-0.25, -0.2) is 8.42 Å². The van der Waals surface area contributed by atoms with E-state index in [9.17, 15) is 13.2 Å². The zero-order chi connectivity index (χ0) is 21.3. The fourth-order valence-corrected chi connectivity index (χ4v) is 4.84. The normalized spacial score (nSPS) is 14.5. The highest BCUT2D eigenvalue weighted by atomic mass is 32.2. The SMILES string of the molecule is COc1ccc(C(=O)C2=CN(c3cccc(OC)c3)c3ccccc3S2(=O)=O)cc1. The Kier molecular flexibility index (Phi) is 5.05. The lowest BCUT2D eigenvalue weighted by Gasteiger charge is -2.29. The molecule has 0 saturated carbocycles. The molecule has 0 N–H and O–H groups in total. The van der Waals surface area contributed by atoms with E-state index in [2.05, 4.69) is 0 Å². The number of methoxy groups -OCH3 is 2. The Bertz CT molecular complexity index is 1250. The Balaban J connectivity index is 1.88. The van der Waals surface area contributed by atoms with Gasteiger partial charge in [-0.2, -0.15) is 0 Å². The van der Waals surface area contributed by atoms with Crippen LogP contribution in [0.25, 0.3) is 0 Å². The van der Waals surface area contributed by atoms with Crippen molar-refractivity contribution in [3.05, 3.63) is 89.5 Å². The standard InChI is InChI=1S/C23H19NO5S/c1-28-18-12-10-16(11-13-18)23(25)22-15-24(17-6-5-7-19(14-17)29-2)20-8-3-4-9-21(20)30(22,26)27/h3-15H,1-2H3. The number of benzene rings is 3. The smallest absolute Gasteiger partial charge is 0.214 e. The lowest BCUT2D eigenvalue weighted by molar-refractivity contribution is 0.104. The summed E-state index contributed by atoms with van der Waals surface area (Å²) in [4.78, 5) is 14.7. The van der Waals surface area contributed by atoms with Gasteiger partial charge in [0.1, 0.15) is 16.4 Å². The van der Waals surface area contributed by atoms with Crippen LogP contribution in [0.15, 0.2) is 88.8 Å². The van der Waals surface area contributed by atoms with Gasteiger partial charge in [-0.15, -0.1) is 0 Å². The molecule has 152 valence electrons. The number of sulfone groups is 1. The molecule has 4 rings (SSSR count). The van der Waals surface area contributed by atoms with Crippen LogP contribution in [0.4, 0.5) is 11.4 Å². The van der Waals surface area contributed by atoms with Crippen LogP contribution in [0.1, 0.15) is 10.4 Å². The number of carbonyl (C=O) groups excluding carboxylic acids is 1. The number of Topliss-reactive ketones (excluding diaryl/α,β-unsaturated/α-hetero) is 1. The second-order valence-electron chi connectivity index (χ2n) is 6.59. The fourth-order valence-electron chi connectivity index (χ4n) is 3.30. The molecule has 0 aromatic heterocycles. The molecule has 6 nitrogen and oxygen atoms in total. The van der Waals surface area contributed by atoms with Crippen LogP contribution in [0.5, 0.6) is 11.5 Å². The van der Waals surface area contributed by atoms with E-state index < -0.39 is 15.6 Å². The number of fused-ring (bicyclic) bond motifs is 1. The average molecular weight is 421 g/mol. The molecule has 3 aromatic carbocycles. The van der Waals surface area contributed by atoms with Gasteiger partial charge in [0.2, 0.25) is 15.6 Å². The van der Waals surface area contributed by atoms with Crippen LogP contribution in [0.2, 0.25) is 0 Å². The number of anilines is 2. The first-order chi connectivity index (χ1) is 14.5. The Labute approximate surface area is 174 Å². The number of carbonyl (C=O) groups is 1. The third-order valence-corrected chi connectivity index (χ3v) is 6.65. The van der Waals surface area contributed by atoms with Gasteiger partial charge in [-0.05, 0) is 48.5 Å². The topological polar surface area (TPSA) is 72.9 Å². The summed E-state index contributed by atoms with van der Waals surface area (Å²) in [6.45, 7) is 0. The van der Waals surface area contributed by atoms with Crippen LogP contribution in [0, 0.1) is 0 Å². The number of ether oxygens (including phenoxy) is 2. The van der Waals surface area contributed by atoms with Gasteiger partial charge in [0.15, 0.2) is 0 Å². The first-order valence-electron chi connectivity index (χ1n) is 9.13. The second-order valence-corrected chi connectivity index (χ2v) is 8.48. The van der Waals surface area contributed by atoms with Gasteiger partial charge in [-0.1, -0.05) is 18.2 Å². The Hall–Kier alpha value is -3.58.